The van der Waals surface area contributed by atoms with E-state index in [9.17, 15) is 4.79 Å². The maximum atomic E-state index is 12.3. The first-order chi connectivity index (χ1) is 9.08. The number of carbonyl (C=O) groups excluding carboxylic acids is 1. The Morgan fingerprint density at radius 1 is 1.32 bits per heavy atom. The minimum atomic E-state index is -0.0592. The number of ketones is 1. The van der Waals surface area contributed by atoms with E-state index in [4.69, 9.17) is 11.6 Å². The summed E-state index contributed by atoms with van der Waals surface area (Å²) in [5.74, 6) is 1.13. The Bertz CT molecular complexity index is 423. The number of nitrogens with one attached hydrogen (secondary N) is 1. The normalized spacial score (nSPS) is 16.6. The van der Waals surface area contributed by atoms with E-state index in [1.54, 1.807) is 0 Å². The fourth-order valence-corrected chi connectivity index (χ4v) is 2.36. The van der Waals surface area contributed by atoms with Crippen LogP contribution < -0.4 is 5.32 Å². The number of Topliss-reactive ketones (excluding diaryl/α,β-unsaturated/α-hetero) is 1. The van der Waals surface area contributed by atoms with Crippen molar-refractivity contribution in [3.05, 3.63) is 34.9 Å². The summed E-state index contributed by atoms with van der Waals surface area (Å²) in [6, 6.07) is 7.65. The second-order valence-electron chi connectivity index (χ2n) is 5.76. The van der Waals surface area contributed by atoms with Gasteiger partial charge < -0.3 is 5.32 Å². The van der Waals surface area contributed by atoms with Gasteiger partial charge in [0.2, 0.25) is 0 Å². The third kappa shape index (κ3) is 4.32. The molecule has 0 unspecified atom stereocenters. The molecule has 1 aliphatic carbocycles. The average molecular weight is 280 g/mol. The summed E-state index contributed by atoms with van der Waals surface area (Å²) in [7, 11) is 0. The predicted octanol–water partition coefficient (Wildman–Crippen LogP) is 3.65. The summed E-state index contributed by atoms with van der Waals surface area (Å²) in [4.78, 5) is 12.3. The third-order valence-corrected chi connectivity index (χ3v) is 3.92. The fourth-order valence-electron chi connectivity index (χ4n) is 2.23. The smallest absolute Gasteiger partial charge is 0.144 e. The van der Waals surface area contributed by atoms with Crippen LogP contribution >= 0.6 is 11.6 Å². The van der Waals surface area contributed by atoms with Crippen molar-refractivity contribution in [2.75, 3.05) is 13.1 Å². The average Bonchev–Trinajstić information content (AvgIpc) is 3.19. The van der Waals surface area contributed by atoms with Crippen molar-refractivity contribution in [2.45, 2.75) is 32.6 Å². The highest BCUT2D eigenvalue weighted by molar-refractivity contribution is 6.30. The second-order valence-corrected chi connectivity index (χ2v) is 6.20. The summed E-state index contributed by atoms with van der Waals surface area (Å²) in [6.45, 7) is 5.70. The van der Waals surface area contributed by atoms with Crippen LogP contribution in [0.15, 0.2) is 24.3 Å². The second kappa shape index (κ2) is 6.53. The molecule has 0 radical (unpaired) electrons. The molecule has 0 bridgehead atoms. The van der Waals surface area contributed by atoms with Gasteiger partial charge in [-0.05, 0) is 43.0 Å². The number of hydrogen-bond donors (Lipinski definition) is 1. The van der Waals surface area contributed by atoms with E-state index in [1.165, 1.54) is 12.8 Å². The molecule has 0 saturated heterocycles. The lowest BCUT2D eigenvalue weighted by atomic mass is 9.89. The molecular weight excluding hydrogens is 258 g/mol. The van der Waals surface area contributed by atoms with Gasteiger partial charge in [-0.2, -0.15) is 0 Å². The zero-order valence-corrected chi connectivity index (χ0v) is 12.4. The van der Waals surface area contributed by atoms with Crippen molar-refractivity contribution in [3.8, 4) is 0 Å². The number of carbonyl (C=O) groups is 1. The molecule has 1 fully saturated rings. The van der Waals surface area contributed by atoms with Gasteiger partial charge in [0, 0.05) is 17.5 Å². The van der Waals surface area contributed by atoms with E-state index >= 15 is 0 Å². The number of halogens is 1. The Hall–Kier alpha value is -0.860. The molecule has 1 N–H and O–H groups in total. The lowest BCUT2D eigenvalue weighted by Crippen LogP contribution is -2.30. The molecule has 0 heterocycles. The summed E-state index contributed by atoms with van der Waals surface area (Å²) in [6.07, 6.45) is 2.66. The minimum absolute atomic E-state index is 0.0587. The van der Waals surface area contributed by atoms with Crippen molar-refractivity contribution in [3.63, 3.8) is 0 Å². The van der Waals surface area contributed by atoms with Crippen LogP contribution in [0, 0.1) is 11.8 Å². The largest absolute Gasteiger partial charge is 0.315 e. The van der Waals surface area contributed by atoms with Gasteiger partial charge in [-0.3, -0.25) is 4.79 Å². The Kier molecular flexibility index (Phi) is 5.00. The predicted molar refractivity (Wildman–Crippen MR) is 79.6 cm³/mol. The van der Waals surface area contributed by atoms with Gasteiger partial charge in [-0.15, -0.1) is 0 Å². The molecule has 1 saturated carbocycles. The first-order valence-electron chi connectivity index (χ1n) is 7.08. The highest BCUT2D eigenvalue weighted by Crippen LogP contribution is 2.28. The van der Waals surface area contributed by atoms with Gasteiger partial charge >= 0.3 is 0 Å². The monoisotopic (exact) mass is 279 g/mol. The summed E-state index contributed by atoms with van der Waals surface area (Å²) in [5, 5.41) is 4.16. The van der Waals surface area contributed by atoms with Crippen molar-refractivity contribution in [2.24, 2.45) is 11.8 Å². The van der Waals surface area contributed by atoms with E-state index in [0.717, 1.165) is 24.6 Å². The molecule has 19 heavy (non-hydrogen) atoms. The van der Waals surface area contributed by atoms with E-state index in [2.05, 4.69) is 5.32 Å². The Morgan fingerprint density at radius 2 is 1.95 bits per heavy atom. The standard InChI is InChI=1S/C16H22ClNO/c1-11(2)16(19)15(10-18-9-12-3-4-12)13-5-7-14(17)8-6-13/h5-8,11-12,15,18H,3-4,9-10H2,1-2H3/t15-/m0/s1. The number of rotatable bonds is 7. The van der Waals surface area contributed by atoms with Crippen molar-refractivity contribution in [1.29, 1.82) is 0 Å². The van der Waals surface area contributed by atoms with Gasteiger partial charge in [0.1, 0.15) is 5.78 Å². The summed E-state index contributed by atoms with van der Waals surface area (Å²) < 4.78 is 0. The first-order valence-corrected chi connectivity index (χ1v) is 7.45. The molecule has 0 aliphatic heterocycles. The van der Waals surface area contributed by atoms with Crippen LogP contribution in [0.25, 0.3) is 0 Å². The van der Waals surface area contributed by atoms with Gasteiger partial charge in [-0.25, -0.2) is 0 Å². The van der Waals surface area contributed by atoms with Crippen LogP contribution in [0.5, 0.6) is 0 Å². The molecule has 1 aliphatic rings. The molecule has 0 amide bonds. The molecule has 3 heteroatoms. The zero-order valence-electron chi connectivity index (χ0n) is 11.7. The topological polar surface area (TPSA) is 29.1 Å². The van der Waals surface area contributed by atoms with Crippen LogP contribution in [0.1, 0.15) is 38.2 Å². The Morgan fingerprint density at radius 3 is 2.47 bits per heavy atom. The quantitative estimate of drug-likeness (QED) is 0.825. The van der Waals surface area contributed by atoms with Crippen molar-refractivity contribution < 1.29 is 4.79 Å². The maximum Gasteiger partial charge on any atom is 0.144 e. The molecule has 2 nitrogen and oxygen atoms in total. The molecular formula is C16H22ClNO. The van der Waals surface area contributed by atoms with Crippen LogP contribution in [-0.2, 0) is 4.79 Å². The SMILES string of the molecule is CC(C)C(=O)[C@@H](CNCC1CC1)c1ccc(Cl)cc1. The van der Waals surface area contributed by atoms with Gasteiger partial charge in [0.05, 0.1) is 5.92 Å². The third-order valence-electron chi connectivity index (χ3n) is 3.66. The maximum absolute atomic E-state index is 12.3. The van der Waals surface area contributed by atoms with Crippen LogP contribution in [0.3, 0.4) is 0 Å². The van der Waals surface area contributed by atoms with Crippen molar-refractivity contribution in [1.82, 2.24) is 5.32 Å². The fraction of sp³-hybridized carbons (Fsp3) is 0.562. The van der Waals surface area contributed by atoms with Gasteiger partial charge in [0.25, 0.3) is 0 Å². The summed E-state index contributed by atoms with van der Waals surface area (Å²) in [5.41, 5.74) is 1.06. The van der Waals surface area contributed by atoms with Gasteiger partial charge in [-0.1, -0.05) is 37.6 Å². The van der Waals surface area contributed by atoms with Crippen LogP contribution in [-0.4, -0.2) is 18.9 Å². The van der Waals surface area contributed by atoms with E-state index in [0.29, 0.717) is 10.8 Å². The highest BCUT2D eigenvalue weighted by Gasteiger charge is 2.25. The van der Waals surface area contributed by atoms with E-state index in [1.807, 2.05) is 38.1 Å². The lowest BCUT2D eigenvalue weighted by molar-refractivity contribution is -0.123. The lowest BCUT2D eigenvalue weighted by Gasteiger charge is -2.19. The van der Waals surface area contributed by atoms with E-state index in [-0.39, 0.29) is 11.8 Å². The summed E-state index contributed by atoms with van der Waals surface area (Å²) >= 11 is 5.91. The molecule has 2 rings (SSSR count). The molecule has 1 aromatic rings. The molecule has 0 aromatic heterocycles. The van der Waals surface area contributed by atoms with Gasteiger partial charge in [0.15, 0.2) is 0 Å². The molecule has 104 valence electrons. The van der Waals surface area contributed by atoms with Crippen LogP contribution in [0.2, 0.25) is 5.02 Å². The Labute approximate surface area is 120 Å². The molecule has 1 atom stereocenters. The molecule has 1 aromatic carbocycles. The molecule has 0 spiro atoms. The Balaban J connectivity index is 2.03. The van der Waals surface area contributed by atoms with Crippen molar-refractivity contribution >= 4 is 17.4 Å². The van der Waals surface area contributed by atoms with Crippen LogP contribution in [0.4, 0.5) is 0 Å². The zero-order chi connectivity index (χ0) is 13.8. The highest BCUT2D eigenvalue weighted by atomic mass is 35.5. The number of hydrogen-bond acceptors (Lipinski definition) is 2. The number of benzene rings is 1. The van der Waals surface area contributed by atoms with E-state index < -0.39 is 0 Å². The first kappa shape index (κ1) is 14.5. The minimum Gasteiger partial charge on any atom is -0.315 e.